The first-order valence-electron chi connectivity index (χ1n) is 9.10. The molecule has 0 spiro atoms. The van der Waals surface area contributed by atoms with E-state index in [9.17, 15) is 18.4 Å². The third-order valence-corrected chi connectivity index (χ3v) is 4.94. The van der Waals surface area contributed by atoms with Gasteiger partial charge in [-0.3, -0.25) is 4.79 Å². The van der Waals surface area contributed by atoms with Crippen molar-refractivity contribution in [2.24, 2.45) is 0 Å². The molecule has 9 heteroatoms. The predicted molar refractivity (Wildman–Crippen MR) is 95.9 cm³/mol. The van der Waals surface area contributed by atoms with Gasteiger partial charge in [0, 0.05) is 5.39 Å². The van der Waals surface area contributed by atoms with Gasteiger partial charge in [-0.1, -0.05) is 12.8 Å². The molecule has 0 radical (unpaired) electrons. The highest BCUT2D eigenvalue weighted by Crippen LogP contribution is 2.37. The summed E-state index contributed by atoms with van der Waals surface area (Å²) in [7, 11) is 0. The average molecular weight is 392 g/mol. The first-order valence-corrected chi connectivity index (χ1v) is 9.10. The smallest absolute Gasteiger partial charge is 0.387 e. The SMILES string of the molecule is CCOC(=O)c1ccc(OC(F)F)c2oc3c(=O)n(C4CCCC4)ncc3c12. The molecule has 0 aliphatic heterocycles. The average Bonchev–Trinajstić information content (AvgIpc) is 3.31. The molecule has 0 unspecified atom stereocenters. The van der Waals surface area contributed by atoms with Crippen LogP contribution in [-0.4, -0.2) is 29.0 Å². The van der Waals surface area contributed by atoms with Crippen LogP contribution in [0.15, 0.2) is 27.5 Å². The fraction of sp³-hybridized carbons (Fsp3) is 0.421. The molecule has 4 rings (SSSR count). The summed E-state index contributed by atoms with van der Waals surface area (Å²) in [6.07, 6.45) is 5.13. The van der Waals surface area contributed by atoms with Gasteiger partial charge in [0.2, 0.25) is 5.58 Å². The number of nitrogens with zero attached hydrogens (tertiary/aromatic N) is 2. The van der Waals surface area contributed by atoms with Crippen molar-refractivity contribution in [3.63, 3.8) is 0 Å². The van der Waals surface area contributed by atoms with Crippen molar-refractivity contribution in [3.8, 4) is 5.75 Å². The number of hydrogen-bond acceptors (Lipinski definition) is 6. The summed E-state index contributed by atoms with van der Waals surface area (Å²) in [5.74, 6) is -0.917. The van der Waals surface area contributed by atoms with E-state index in [0.29, 0.717) is 0 Å². The van der Waals surface area contributed by atoms with E-state index >= 15 is 0 Å². The molecule has 1 saturated carbocycles. The topological polar surface area (TPSA) is 83.6 Å². The van der Waals surface area contributed by atoms with E-state index in [0.717, 1.165) is 25.7 Å². The number of furan rings is 1. The first-order chi connectivity index (χ1) is 13.5. The third-order valence-electron chi connectivity index (χ3n) is 4.94. The first kappa shape index (κ1) is 18.4. The van der Waals surface area contributed by atoms with E-state index in [2.05, 4.69) is 9.84 Å². The number of fused-ring (bicyclic) bond motifs is 3. The van der Waals surface area contributed by atoms with Gasteiger partial charge >= 0.3 is 18.1 Å². The van der Waals surface area contributed by atoms with Crippen molar-refractivity contribution in [1.82, 2.24) is 9.78 Å². The monoisotopic (exact) mass is 392 g/mol. The van der Waals surface area contributed by atoms with Crippen LogP contribution < -0.4 is 10.3 Å². The summed E-state index contributed by atoms with van der Waals surface area (Å²) >= 11 is 0. The zero-order chi connectivity index (χ0) is 19.8. The van der Waals surface area contributed by atoms with Crippen LogP contribution in [0.3, 0.4) is 0 Å². The summed E-state index contributed by atoms with van der Waals surface area (Å²) in [6, 6.07) is 2.49. The van der Waals surface area contributed by atoms with Crippen LogP contribution in [0.1, 0.15) is 49.0 Å². The summed E-state index contributed by atoms with van der Waals surface area (Å²) in [5, 5.41) is 4.69. The number of carbonyl (C=O) groups is 1. The van der Waals surface area contributed by atoms with Crippen LogP contribution in [0.25, 0.3) is 21.9 Å². The van der Waals surface area contributed by atoms with E-state index in [1.807, 2.05) is 0 Å². The number of carbonyl (C=O) groups excluding carboxylic acids is 1. The molecule has 0 saturated heterocycles. The second-order valence-electron chi connectivity index (χ2n) is 6.59. The summed E-state index contributed by atoms with van der Waals surface area (Å²) < 4.78 is 42.2. The Morgan fingerprint density at radius 2 is 2.07 bits per heavy atom. The molecule has 148 valence electrons. The molecule has 0 bridgehead atoms. The molecule has 0 atom stereocenters. The van der Waals surface area contributed by atoms with E-state index in [-0.39, 0.29) is 45.9 Å². The van der Waals surface area contributed by atoms with Gasteiger partial charge in [0.25, 0.3) is 0 Å². The lowest BCUT2D eigenvalue weighted by Gasteiger charge is -2.10. The van der Waals surface area contributed by atoms with Crippen LogP contribution in [0.2, 0.25) is 0 Å². The third kappa shape index (κ3) is 3.00. The van der Waals surface area contributed by atoms with E-state index in [4.69, 9.17) is 9.15 Å². The molecule has 1 fully saturated rings. The lowest BCUT2D eigenvalue weighted by molar-refractivity contribution is -0.0493. The van der Waals surface area contributed by atoms with Crippen LogP contribution in [0.4, 0.5) is 8.78 Å². The highest BCUT2D eigenvalue weighted by atomic mass is 19.3. The quantitative estimate of drug-likeness (QED) is 0.610. The van der Waals surface area contributed by atoms with Crippen LogP contribution in [-0.2, 0) is 4.74 Å². The lowest BCUT2D eigenvalue weighted by Crippen LogP contribution is -2.25. The molecule has 28 heavy (non-hydrogen) atoms. The van der Waals surface area contributed by atoms with Crippen LogP contribution in [0, 0.1) is 0 Å². The molecular weight excluding hydrogens is 374 g/mol. The largest absolute Gasteiger partial charge is 0.462 e. The normalized spacial score (nSPS) is 15.0. The number of aromatic nitrogens is 2. The van der Waals surface area contributed by atoms with Crippen molar-refractivity contribution < 1.29 is 27.5 Å². The van der Waals surface area contributed by atoms with Gasteiger partial charge in [-0.15, -0.1) is 0 Å². The number of hydrogen-bond donors (Lipinski definition) is 0. The molecule has 7 nitrogen and oxygen atoms in total. The van der Waals surface area contributed by atoms with Gasteiger partial charge in [-0.2, -0.15) is 13.9 Å². The molecule has 1 aromatic carbocycles. The number of halogens is 2. The Labute approximate surface area is 157 Å². The van der Waals surface area contributed by atoms with Gasteiger partial charge in [0.1, 0.15) is 0 Å². The van der Waals surface area contributed by atoms with Gasteiger partial charge in [0.05, 0.1) is 29.8 Å². The van der Waals surface area contributed by atoms with Gasteiger partial charge < -0.3 is 13.9 Å². The summed E-state index contributed by atoms with van der Waals surface area (Å²) in [5.41, 5.74) is -0.521. The standard InChI is InChI=1S/C19H18F2N2O5/c1-2-26-18(25)11-7-8-13(27-19(20)21)16-14(11)12-9-22-23(10-5-3-4-6-10)17(24)15(12)28-16/h7-10,19H,2-6H2,1H3. The van der Waals surface area contributed by atoms with Crippen molar-refractivity contribution in [3.05, 3.63) is 34.2 Å². The summed E-state index contributed by atoms with van der Waals surface area (Å²) in [6.45, 7) is -1.30. The number of ether oxygens (including phenoxy) is 2. The number of rotatable bonds is 5. The fourth-order valence-corrected chi connectivity index (χ4v) is 3.74. The zero-order valence-corrected chi connectivity index (χ0v) is 15.1. The van der Waals surface area contributed by atoms with Gasteiger partial charge in [-0.05, 0) is 31.9 Å². The van der Waals surface area contributed by atoms with Crippen molar-refractivity contribution in [2.75, 3.05) is 6.61 Å². The van der Waals surface area contributed by atoms with Crippen molar-refractivity contribution in [1.29, 1.82) is 0 Å². The second-order valence-corrected chi connectivity index (χ2v) is 6.59. The molecule has 3 aromatic rings. The number of alkyl halides is 2. The Kier molecular flexibility index (Phi) is 4.74. The number of benzene rings is 1. The summed E-state index contributed by atoms with van der Waals surface area (Å²) in [4.78, 5) is 25.3. The highest BCUT2D eigenvalue weighted by molar-refractivity contribution is 6.16. The maximum Gasteiger partial charge on any atom is 0.387 e. The minimum absolute atomic E-state index is 0.0218. The van der Waals surface area contributed by atoms with Gasteiger partial charge in [-0.25, -0.2) is 9.48 Å². The van der Waals surface area contributed by atoms with E-state index in [1.165, 1.54) is 23.0 Å². The van der Waals surface area contributed by atoms with E-state index in [1.54, 1.807) is 6.92 Å². The number of esters is 1. The Bertz CT molecular complexity index is 1100. The minimum atomic E-state index is -3.09. The second kappa shape index (κ2) is 7.21. The minimum Gasteiger partial charge on any atom is -0.462 e. The molecule has 2 aromatic heterocycles. The Hall–Kier alpha value is -2.97. The highest BCUT2D eigenvalue weighted by Gasteiger charge is 2.26. The van der Waals surface area contributed by atoms with Gasteiger partial charge in [0.15, 0.2) is 11.3 Å². The molecule has 1 aliphatic carbocycles. The van der Waals surface area contributed by atoms with Crippen molar-refractivity contribution in [2.45, 2.75) is 45.3 Å². The Morgan fingerprint density at radius 1 is 1.32 bits per heavy atom. The van der Waals surface area contributed by atoms with Crippen LogP contribution >= 0.6 is 0 Å². The van der Waals surface area contributed by atoms with Crippen LogP contribution in [0.5, 0.6) is 5.75 Å². The molecule has 1 aliphatic rings. The maximum atomic E-state index is 12.9. The van der Waals surface area contributed by atoms with E-state index < -0.39 is 18.1 Å². The predicted octanol–water partition coefficient (Wildman–Crippen LogP) is 4.04. The zero-order valence-electron chi connectivity index (χ0n) is 15.1. The fourth-order valence-electron chi connectivity index (χ4n) is 3.74. The Morgan fingerprint density at radius 3 is 2.75 bits per heavy atom. The van der Waals surface area contributed by atoms with Crippen molar-refractivity contribution >= 4 is 27.9 Å². The molecular formula is C19H18F2N2O5. The molecule has 2 heterocycles. The maximum absolute atomic E-state index is 12.9. The Balaban J connectivity index is 1.99. The molecule has 0 amide bonds. The molecule has 0 N–H and O–H groups in total. The lowest BCUT2D eigenvalue weighted by atomic mass is 10.1.